The van der Waals surface area contributed by atoms with Crippen LogP contribution in [0.1, 0.15) is 49.0 Å². The molecule has 2 heterocycles. The van der Waals surface area contributed by atoms with Crippen LogP contribution in [0.25, 0.3) is 11.0 Å². The van der Waals surface area contributed by atoms with Crippen LogP contribution >= 0.6 is 0 Å². The molecule has 0 atom stereocenters. The highest BCUT2D eigenvalue weighted by molar-refractivity contribution is 5.91. The van der Waals surface area contributed by atoms with Crippen LogP contribution in [-0.4, -0.2) is 27.0 Å². The molecule has 0 amide bonds. The van der Waals surface area contributed by atoms with Crippen molar-refractivity contribution in [2.45, 2.75) is 47.3 Å². The van der Waals surface area contributed by atoms with Gasteiger partial charge < -0.3 is 10.1 Å². The molecule has 0 aliphatic heterocycles. The van der Waals surface area contributed by atoms with Gasteiger partial charge in [0.2, 0.25) is 0 Å². The molecular weight excluding hydrogens is 410 g/mol. The van der Waals surface area contributed by atoms with Crippen LogP contribution in [-0.2, 0) is 24.3 Å². The van der Waals surface area contributed by atoms with Crippen LogP contribution in [0.2, 0.25) is 0 Å². The minimum atomic E-state index is 0.393. The SMILES string of the molecule is CCOCc1nc2c(NCc3ccccc3)nc(C)c(Cc3ccccc3)c2n1N=C(C)C. The fraction of sp³-hybridized carbons (Fsp3) is 0.296. The van der Waals surface area contributed by atoms with E-state index in [0.29, 0.717) is 19.8 Å². The number of nitrogens with one attached hydrogen (secondary N) is 1. The zero-order chi connectivity index (χ0) is 23.2. The molecule has 6 heteroatoms. The predicted octanol–water partition coefficient (Wildman–Crippen LogP) is 5.72. The summed E-state index contributed by atoms with van der Waals surface area (Å²) in [6.45, 7) is 9.72. The first-order chi connectivity index (χ1) is 16.1. The summed E-state index contributed by atoms with van der Waals surface area (Å²) in [6, 6.07) is 20.8. The lowest BCUT2D eigenvalue weighted by Gasteiger charge is -2.14. The third-order valence-corrected chi connectivity index (χ3v) is 5.41. The summed E-state index contributed by atoms with van der Waals surface area (Å²) < 4.78 is 7.68. The van der Waals surface area contributed by atoms with Gasteiger partial charge in [0, 0.05) is 36.5 Å². The van der Waals surface area contributed by atoms with Crippen molar-refractivity contribution in [2.24, 2.45) is 5.10 Å². The van der Waals surface area contributed by atoms with E-state index in [-0.39, 0.29) is 0 Å². The summed E-state index contributed by atoms with van der Waals surface area (Å²) >= 11 is 0. The van der Waals surface area contributed by atoms with Crippen LogP contribution < -0.4 is 5.32 Å². The van der Waals surface area contributed by atoms with Crippen molar-refractivity contribution in [1.29, 1.82) is 0 Å². The number of anilines is 1. The van der Waals surface area contributed by atoms with Gasteiger partial charge in [0.15, 0.2) is 11.6 Å². The lowest BCUT2D eigenvalue weighted by Crippen LogP contribution is -2.07. The molecule has 4 aromatic rings. The second kappa shape index (κ2) is 10.4. The molecule has 0 aliphatic carbocycles. The molecule has 0 unspecified atom stereocenters. The largest absolute Gasteiger partial charge is 0.374 e. The van der Waals surface area contributed by atoms with Gasteiger partial charge in [-0.2, -0.15) is 5.10 Å². The van der Waals surface area contributed by atoms with Crippen LogP contribution in [0.5, 0.6) is 0 Å². The number of aromatic nitrogens is 3. The van der Waals surface area contributed by atoms with Gasteiger partial charge in [0.05, 0.1) is 0 Å². The van der Waals surface area contributed by atoms with E-state index in [0.717, 1.165) is 46.1 Å². The van der Waals surface area contributed by atoms with Crippen LogP contribution in [0.4, 0.5) is 5.82 Å². The smallest absolute Gasteiger partial charge is 0.157 e. The van der Waals surface area contributed by atoms with Crippen molar-refractivity contribution in [3.63, 3.8) is 0 Å². The van der Waals surface area contributed by atoms with Gasteiger partial charge in [-0.05, 0) is 38.8 Å². The lowest BCUT2D eigenvalue weighted by molar-refractivity contribution is 0.126. The first-order valence-corrected chi connectivity index (χ1v) is 11.4. The highest BCUT2D eigenvalue weighted by atomic mass is 16.5. The Balaban J connectivity index is 1.87. The number of aryl methyl sites for hydroxylation is 1. The quantitative estimate of drug-likeness (QED) is 0.337. The first kappa shape index (κ1) is 22.7. The number of fused-ring (bicyclic) bond motifs is 1. The number of imidazole rings is 1. The molecule has 0 saturated heterocycles. The van der Waals surface area contributed by atoms with E-state index < -0.39 is 0 Å². The summed E-state index contributed by atoms with van der Waals surface area (Å²) in [7, 11) is 0. The number of rotatable bonds is 9. The molecule has 0 spiro atoms. The number of pyridine rings is 1. The zero-order valence-corrected chi connectivity index (χ0v) is 19.8. The standard InChI is InChI=1S/C27H31N5O/c1-5-33-18-24-30-25-26(32(24)31-19(2)3)23(16-21-12-8-6-9-13-21)20(4)29-27(25)28-17-22-14-10-7-11-15-22/h6-15H,5,16-18H2,1-4H3,(H,28,29). The first-order valence-electron chi connectivity index (χ1n) is 11.4. The highest BCUT2D eigenvalue weighted by Gasteiger charge is 2.21. The van der Waals surface area contributed by atoms with Crippen molar-refractivity contribution in [3.8, 4) is 0 Å². The van der Waals surface area contributed by atoms with Gasteiger partial charge in [0.25, 0.3) is 0 Å². The van der Waals surface area contributed by atoms with E-state index in [9.17, 15) is 0 Å². The third-order valence-electron chi connectivity index (χ3n) is 5.41. The van der Waals surface area contributed by atoms with Gasteiger partial charge >= 0.3 is 0 Å². The van der Waals surface area contributed by atoms with Crippen molar-refractivity contribution in [2.75, 3.05) is 11.9 Å². The molecule has 0 fully saturated rings. The van der Waals surface area contributed by atoms with E-state index >= 15 is 0 Å². The van der Waals surface area contributed by atoms with E-state index in [1.54, 1.807) is 0 Å². The third kappa shape index (κ3) is 5.29. The maximum Gasteiger partial charge on any atom is 0.157 e. The number of hydrogen-bond donors (Lipinski definition) is 1. The molecule has 4 rings (SSSR count). The summed E-state index contributed by atoms with van der Waals surface area (Å²) in [5.41, 5.74) is 7.27. The Labute approximate surface area is 195 Å². The van der Waals surface area contributed by atoms with Gasteiger partial charge in [0.1, 0.15) is 17.6 Å². The second-order valence-electron chi connectivity index (χ2n) is 8.25. The van der Waals surface area contributed by atoms with E-state index in [1.807, 2.05) is 49.7 Å². The molecule has 0 aliphatic rings. The molecule has 0 radical (unpaired) electrons. The maximum absolute atomic E-state index is 5.74. The Morgan fingerprint density at radius 2 is 1.64 bits per heavy atom. The normalized spacial score (nSPS) is 11.0. The Kier molecular flexibility index (Phi) is 7.15. The summed E-state index contributed by atoms with van der Waals surface area (Å²) in [5, 5.41) is 8.35. The van der Waals surface area contributed by atoms with Crippen molar-refractivity contribution >= 4 is 22.6 Å². The molecule has 0 bridgehead atoms. The number of nitrogens with zero attached hydrogens (tertiary/aromatic N) is 4. The van der Waals surface area contributed by atoms with Gasteiger partial charge in [-0.1, -0.05) is 60.7 Å². The number of hydrogen-bond acceptors (Lipinski definition) is 5. The molecule has 170 valence electrons. The van der Waals surface area contributed by atoms with E-state index in [4.69, 9.17) is 19.8 Å². The van der Waals surface area contributed by atoms with Gasteiger partial charge in [-0.15, -0.1) is 0 Å². The Hall–Kier alpha value is -3.51. The highest BCUT2D eigenvalue weighted by Crippen LogP contribution is 2.30. The number of benzene rings is 2. The summed E-state index contributed by atoms with van der Waals surface area (Å²) in [4.78, 5) is 9.91. The molecule has 1 N–H and O–H groups in total. The van der Waals surface area contributed by atoms with Crippen LogP contribution in [0, 0.1) is 6.92 Å². The Morgan fingerprint density at radius 3 is 2.27 bits per heavy atom. The molecule has 2 aromatic carbocycles. The monoisotopic (exact) mass is 441 g/mol. The van der Waals surface area contributed by atoms with E-state index in [1.165, 1.54) is 11.1 Å². The molecule has 0 saturated carbocycles. The average molecular weight is 442 g/mol. The number of ether oxygens (including phenoxy) is 1. The maximum atomic E-state index is 5.74. The predicted molar refractivity (Wildman–Crippen MR) is 135 cm³/mol. The summed E-state index contributed by atoms with van der Waals surface area (Å²) in [6.07, 6.45) is 0.757. The Bertz CT molecular complexity index is 1240. The lowest BCUT2D eigenvalue weighted by atomic mass is 10.0. The fourth-order valence-corrected chi connectivity index (χ4v) is 3.87. The Morgan fingerprint density at radius 1 is 0.970 bits per heavy atom. The van der Waals surface area contributed by atoms with Crippen LogP contribution in [0.3, 0.4) is 0 Å². The van der Waals surface area contributed by atoms with E-state index in [2.05, 4.69) is 48.6 Å². The van der Waals surface area contributed by atoms with Crippen molar-refractivity contribution in [3.05, 3.63) is 88.9 Å². The molecule has 6 nitrogen and oxygen atoms in total. The molecule has 2 aromatic heterocycles. The van der Waals surface area contributed by atoms with Gasteiger partial charge in [-0.25, -0.2) is 14.6 Å². The summed E-state index contributed by atoms with van der Waals surface area (Å²) in [5.74, 6) is 1.54. The topological polar surface area (TPSA) is 64.3 Å². The van der Waals surface area contributed by atoms with Gasteiger partial charge in [-0.3, -0.25) is 0 Å². The zero-order valence-electron chi connectivity index (χ0n) is 19.8. The van der Waals surface area contributed by atoms with Crippen LogP contribution in [0.15, 0.2) is 65.8 Å². The van der Waals surface area contributed by atoms with Crippen molar-refractivity contribution < 1.29 is 4.74 Å². The fourth-order valence-electron chi connectivity index (χ4n) is 3.87. The molecular formula is C27H31N5O. The molecule has 33 heavy (non-hydrogen) atoms. The minimum Gasteiger partial charge on any atom is -0.374 e. The minimum absolute atomic E-state index is 0.393. The average Bonchev–Trinajstić information content (AvgIpc) is 3.17. The second-order valence-corrected chi connectivity index (χ2v) is 8.25. The van der Waals surface area contributed by atoms with Crippen molar-refractivity contribution in [1.82, 2.24) is 14.6 Å².